The first-order chi connectivity index (χ1) is 9.52. The summed E-state index contributed by atoms with van der Waals surface area (Å²) in [6, 6.07) is 0. The molecule has 0 aromatic heterocycles. The highest BCUT2D eigenvalue weighted by Gasteiger charge is 2.11. The predicted octanol–water partition coefficient (Wildman–Crippen LogP) is 2.48. The molecule has 0 saturated carbocycles. The average Bonchev–Trinajstić information content (AvgIpc) is 2.37. The van der Waals surface area contributed by atoms with Crippen molar-refractivity contribution in [3.8, 4) is 0 Å². The van der Waals surface area contributed by atoms with Crippen LogP contribution in [0.4, 0.5) is 0 Å². The highest BCUT2D eigenvalue weighted by atomic mass is 16.5. The molecule has 0 amide bonds. The van der Waals surface area contributed by atoms with Gasteiger partial charge in [-0.3, -0.25) is 9.59 Å². The molecule has 1 aliphatic carbocycles. The van der Waals surface area contributed by atoms with Crippen LogP contribution in [0.25, 0.3) is 0 Å². The Balaban J connectivity index is 2.50. The Morgan fingerprint density at radius 3 is 2.70 bits per heavy atom. The van der Waals surface area contributed by atoms with E-state index in [1.165, 1.54) is 0 Å². The first kappa shape index (κ1) is 16.4. The summed E-state index contributed by atoms with van der Waals surface area (Å²) in [5, 5.41) is 8.72. The Kier molecular flexibility index (Phi) is 6.94. The lowest BCUT2D eigenvalue weighted by Gasteiger charge is -2.09. The summed E-state index contributed by atoms with van der Waals surface area (Å²) in [4.78, 5) is 23.3. The van der Waals surface area contributed by atoms with E-state index in [0.717, 1.165) is 24.8 Å². The maximum atomic E-state index is 11.9. The van der Waals surface area contributed by atoms with Gasteiger partial charge in [0.05, 0.1) is 12.5 Å². The Morgan fingerprint density at radius 1 is 1.35 bits per heavy atom. The Hall–Kier alpha value is -1.68. The molecule has 0 fully saturated rings. The molecule has 0 atom stereocenters. The number of rotatable bonds is 7. The number of carbonyl (C=O) groups is 2. The Labute approximate surface area is 119 Å². The molecule has 0 radical (unpaired) electrons. The van der Waals surface area contributed by atoms with E-state index >= 15 is 0 Å². The summed E-state index contributed by atoms with van der Waals surface area (Å²) < 4.78 is 5.01. The molecule has 0 aliphatic heterocycles. The first-order valence-corrected chi connectivity index (χ1v) is 6.96. The molecular formula is C16H22O4. The fourth-order valence-electron chi connectivity index (χ4n) is 1.85. The van der Waals surface area contributed by atoms with E-state index in [0.29, 0.717) is 5.57 Å². The van der Waals surface area contributed by atoms with Gasteiger partial charge in [0.25, 0.3) is 0 Å². The van der Waals surface area contributed by atoms with Crippen molar-refractivity contribution in [1.29, 1.82) is 0 Å². The molecule has 0 aromatic rings. The van der Waals surface area contributed by atoms with Crippen LogP contribution in [0.3, 0.4) is 0 Å². The van der Waals surface area contributed by atoms with Gasteiger partial charge in [-0.05, 0) is 44.8 Å². The number of aliphatic hydroxyl groups excluding tert-OH is 1. The molecule has 0 bridgehead atoms. The number of esters is 1. The molecule has 1 rings (SSSR count). The predicted molar refractivity (Wildman–Crippen MR) is 77.1 cm³/mol. The van der Waals surface area contributed by atoms with Gasteiger partial charge in [-0.25, -0.2) is 0 Å². The lowest BCUT2D eigenvalue weighted by atomic mass is 9.97. The van der Waals surface area contributed by atoms with Crippen LogP contribution >= 0.6 is 0 Å². The van der Waals surface area contributed by atoms with Gasteiger partial charge in [0.1, 0.15) is 0 Å². The number of unbranched alkanes of at least 4 members (excludes halogenated alkanes) is 1. The average molecular weight is 278 g/mol. The highest BCUT2D eigenvalue weighted by Crippen LogP contribution is 2.17. The fourth-order valence-corrected chi connectivity index (χ4v) is 1.85. The molecule has 1 aliphatic rings. The van der Waals surface area contributed by atoms with Crippen LogP contribution < -0.4 is 0 Å². The fraction of sp³-hybridized carbons (Fsp3) is 0.500. The molecule has 20 heavy (non-hydrogen) atoms. The lowest BCUT2D eigenvalue weighted by Crippen LogP contribution is -2.11. The summed E-state index contributed by atoms with van der Waals surface area (Å²) in [7, 11) is 0. The number of hydrogen-bond donors (Lipinski definition) is 1. The number of ketones is 1. The SMILES string of the molecule is CC(C)OC(=O)C/C=C1/C=CC(CCCCO)=CC1=O. The van der Waals surface area contributed by atoms with Crippen LogP contribution in [-0.2, 0) is 14.3 Å². The van der Waals surface area contributed by atoms with Gasteiger partial charge < -0.3 is 9.84 Å². The van der Waals surface area contributed by atoms with Gasteiger partial charge in [0, 0.05) is 12.2 Å². The van der Waals surface area contributed by atoms with Gasteiger partial charge in [0.2, 0.25) is 0 Å². The van der Waals surface area contributed by atoms with Gasteiger partial charge in [-0.15, -0.1) is 0 Å². The smallest absolute Gasteiger partial charge is 0.309 e. The summed E-state index contributed by atoms with van der Waals surface area (Å²) >= 11 is 0. The Morgan fingerprint density at radius 2 is 2.10 bits per heavy atom. The van der Waals surface area contributed by atoms with Crippen LogP contribution in [0.5, 0.6) is 0 Å². The van der Waals surface area contributed by atoms with Crippen LogP contribution in [0.2, 0.25) is 0 Å². The topological polar surface area (TPSA) is 63.6 Å². The zero-order valence-corrected chi connectivity index (χ0v) is 12.1. The maximum Gasteiger partial charge on any atom is 0.309 e. The first-order valence-electron chi connectivity index (χ1n) is 6.96. The largest absolute Gasteiger partial charge is 0.463 e. The third-order valence-corrected chi connectivity index (χ3v) is 2.81. The minimum Gasteiger partial charge on any atom is -0.463 e. The Bertz CT molecular complexity index is 441. The molecule has 4 nitrogen and oxygen atoms in total. The van der Waals surface area contributed by atoms with E-state index < -0.39 is 0 Å². The number of allylic oxidation sites excluding steroid dienone is 5. The van der Waals surface area contributed by atoms with Crippen LogP contribution in [0.1, 0.15) is 39.5 Å². The van der Waals surface area contributed by atoms with Crippen molar-refractivity contribution >= 4 is 11.8 Å². The standard InChI is InChI=1S/C16H22O4/c1-12(2)20-16(19)9-8-14-7-6-13(11-15(14)18)5-3-4-10-17/h6-8,11-12,17H,3-5,9-10H2,1-2H3/b14-8-. The number of carbonyl (C=O) groups excluding carboxylic acids is 2. The second-order valence-corrected chi connectivity index (χ2v) is 5.00. The van der Waals surface area contributed by atoms with Crippen LogP contribution in [0.15, 0.2) is 35.5 Å². The zero-order chi connectivity index (χ0) is 15.0. The van der Waals surface area contributed by atoms with Crippen LogP contribution in [0, 0.1) is 0 Å². The molecule has 110 valence electrons. The molecule has 0 aromatic carbocycles. The van der Waals surface area contributed by atoms with Gasteiger partial charge in [-0.1, -0.05) is 18.2 Å². The summed E-state index contributed by atoms with van der Waals surface area (Å²) in [5.41, 5.74) is 1.49. The normalized spacial score (nSPS) is 16.7. The summed E-state index contributed by atoms with van der Waals surface area (Å²) in [6.45, 7) is 3.75. The van der Waals surface area contributed by atoms with Crippen molar-refractivity contribution in [2.45, 2.75) is 45.6 Å². The molecule has 0 saturated heterocycles. The van der Waals surface area contributed by atoms with E-state index in [1.54, 1.807) is 32.1 Å². The molecule has 0 spiro atoms. The van der Waals surface area contributed by atoms with E-state index in [2.05, 4.69) is 0 Å². The molecule has 1 N–H and O–H groups in total. The molecule has 0 heterocycles. The number of ether oxygens (including phenoxy) is 1. The number of hydrogen-bond acceptors (Lipinski definition) is 4. The van der Waals surface area contributed by atoms with Crippen LogP contribution in [-0.4, -0.2) is 29.6 Å². The zero-order valence-electron chi connectivity index (χ0n) is 12.1. The van der Waals surface area contributed by atoms with Crippen molar-refractivity contribution in [1.82, 2.24) is 0 Å². The lowest BCUT2D eigenvalue weighted by molar-refractivity contribution is -0.146. The van der Waals surface area contributed by atoms with Crippen molar-refractivity contribution in [2.24, 2.45) is 0 Å². The minimum atomic E-state index is -0.327. The molecular weight excluding hydrogens is 256 g/mol. The summed E-state index contributed by atoms with van der Waals surface area (Å²) in [5.74, 6) is -0.407. The minimum absolute atomic E-state index is 0.0798. The number of aliphatic hydroxyl groups is 1. The van der Waals surface area contributed by atoms with E-state index in [4.69, 9.17) is 9.84 Å². The van der Waals surface area contributed by atoms with Gasteiger partial charge in [-0.2, -0.15) is 0 Å². The monoisotopic (exact) mass is 278 g/mol. The van der Waals surface area contributed by atoms with Crippen molar-refractivity contribution < 1.29 is 19.4 Å². The quantitative estimate of drug-likeness (QED) is 0.441. The van der Waals surface area contributed by atoms with Crippen molar-refractivity contribution in [3.63, 3.8) is 0 Å². The van der Waals surface area contributed by atoms with Crippen molar-refractivity contribution in [3.05, 3.63) is 35.5 Å². The molecule has 4 heteroatoms. The van der Waals surface area contributed by atoms with E-state index in [1.807, 2.05) is 6.08 Å². The second-order valence-electron chi connectivity index (χ2n) is 5.00. The third-order valence-electron chi connectivity index (χ3n) is 2.81. The highest BCUT2D eigenvalue weighted by molar-refractivity contribution is 6.08. The second kappa shape index (κ2) is 8.48. The maximum absolute atomic E-state index is 11.9. The van der Waals surface area contributed by atoms with E-state index in [-0.39, 0.29) is 30.9 Å². The summed E-state index contributed by atoms with van der Waals surface area (Å²) in [6.07, 6.45) is 9.17. The van der Waals surface area contributed by atoms with Gasteiger partial charge in [0.15, 0.2) is 5.78 Å². The van der Waals surface area contributed by atoms with Crippen molar-refractivity contribution in [2.75, 3.05) is 6.61 Å². The third kappa shape index (κ3) is 5.97. The molecule has 0 unspecified atom stereocenters. The van der Waals surface area contributed by atoms with E-state index in [9.17, 15) is 9.59 Å². The van der Waals surface area contributed by atoms with Gasteiger partial charge >= 0.3 is 5.97 Å².